The van der Waals surface area contributed by atoms with E-state index in [2.05, 4.69) is 49.6 Å². The summed E-state index contributed by atoms with van der Waals surface area (Å²) in [6.07, 6.45) is 1.13. The van der Waals surface area contributed by atoms with Crippen LogP contribution in [0.3, 0.4) is 0 Å². The normalized spacial score (nSPS) is 10.4. The molecule has 0 amide bonds. The van der Waals surface area contributed by atoms with E-state index in [9.17, 15) is 0 Å². The van der Waals surface area contributed by atoms with Gasteiger partial charge in [-0.1, -0.05) is 31.2 Å². The maximum absolute atomic E-state index is 2.23. The zero-order chi connectivity index (χ0) is 9.97. The molecule has 0 aliphatic carbocycles. The molecule has 0 N–H and O–H groups in total. The lowest BCUT2D eigenvalue weighted by Gasteiger charge is -2.05. The van der Waals surface area contributed by atoms with Crippen LogP contribution < -0.4 is 0 Å². The third kappa shape index (κ3) is 1.60. The van der Waals surface area contributed by atoms with Crippen molar-refractivity contribution >= 4 is 11.3 Å². The molecule has 0 nitrogen and oxygen atoms in total. The van der Waals surface area contributed by atoms with Gasteiger partial charge in [0.25, 0.3) is 0 Å². The Morgan fingerprint density at radius 1 is 1.07 bits per heavy atom. The minimum absolute atomic E-state index is 1.13. The fourth-order valence-electron chi connectivity index (χ4n) is 1.73. The van der Waals surface area contributed by atoms with Crippen LogP contribution in [-0.4, -0.2) is 0 Å². The highest BCUT2D eigenvalue weighted by molar-refractivity contribution is 7.10. The fraction of sp³-hybridized carbons (Fsp3) is 0.231. The zero-order valence-electron chi connectivity index (χ0n) is 8.58. The molecule has 0 saturated heterocycles. The second kappa shape index (κ2) is 3.97. The summed E-state index contributed by atoms with van der Waals surface area (Å²) in [7, 11) is 0. The van der Waals surface area contributed by atoms with E-state index in [1.165, 1.54) is 21.6 Å². The third-order valence-electron chi connectivity index (χ3n) is 2.50. The molecule has 2 aromatic rings. The van der Waals surface area contributed by atoms with Crippen molar-refractivity contribution in [3.8, 4) is 11.1 Å². The molecular formula is C13H14S. The van der Waals surface area contributed by atoms with E-state index in [1.54, 1.807) is 0 Å². The molecule has 1 aromatic carbocycles. The van der Waals surface area contributed by atoms with E-state index < -0.39 is 0 Å². The molecular weight excluding hydrogens is 188 g/mol. The van der Waals surface area contributed by atoms with Gasteiger partial charge in [0, 0.05) is 4.88 Å². The summed E-state index contributed by atoms with van der Waals surface area (Å²) in [4.78, 5) is 1.49. The molecule has 72 valence electrons. The second-order valence-electron chi connectivity index (χ2n) is 3.43. The fourth-order valence-corrected chi connectivity index (χ4v) is 2.57. The van der Waals surface area contributed by atoms with Crippen molar-refractivity contribution < 1.29 is 0 Å². The van der Waals surface area contributed by atoms with Gasteiger partial charge in [0.15, 0.2) is 0 Å². The molecule has 0 saturated carbocycles. The van der Waals surface area contributed by atoms with Gasteiger partial charge in [-0.15, -0.1) is 11.3 Å². The van der Waals surface area contributed by atoms with E-state index in [0.29, 0.717) is 0 Å². The smallest absolute Gasteiger partial charge is 0.0121 e. The number of hydrogen-bond acceptors (Lipinski definition) is 1. The van der Waals surface area contributed by atoms with Gasteiger partial charge in [0.05, 0.1) is 0 Å². The third-order valence-corrected chi connectivity index (χ3v) is 3.57. The Kier molecular flexibility index (Phi) is 2.69. The first-order valence-corrected chi connectivity index (χ1v) is 5.83. The highest BCUT2D eigenvalue weighted by Gasteiger charge is 2.06. The minimum atomic E-state index is 1.13. The van der Waals surface area contributed by atoms with Crippen molar-refractivity contribution in [2.45, 2.75) is 20.3 Å². The summed E-state index contributed by atoms with van der Waals surface area (Å²) in [5.41, 5.74) is 4.15. The van der Waals surface area contributed by atoms with E-state index in [1.807, 2.05) is 11.3 Å². The van der Waals surface area contributed by atoms with Crippen LogP contribution in [0.25, 0.3) is 11.1 Å². The predicted octanol–water partition coefficient (Wildman–Crippen LogP) is 4.29. The average Bonchev–Trinajstić information content (AvgIpc) is 2.66. The standard InChI is InChI=1S/C13H14S/c1-3-13-12(8-9-14-13)11-7-5-4-6-10(11)2/h4-9H,3H2,1-2H3. The summed E-state index contributed by atoms with van der Waals surface area (Å²) in [5, 5.41) is 2.18. The van der Waals surface area contributed by atoms with Gasteiger partial charge >= 0.3 is 0 Å². The maximum Gasteiger partial charge on any atom is 0.0121 e. The van der Waals surface area contributed by atoms with Gasteiger partial charge in [-0.25, -0.2) is 0 Å². The van der Waals surface area contributed by atoms with Gasteiger partial charge < -0.3 is 0 Å². The van der Waals surface area contributed by atoms with Gasteiger partial charge in [0.1, 0.15) is 0 Å². The van der Waals surface area contributed by atoms with Crippen molar-refractivity contribution in [1.82, 2.24) is 0 Å². The molecule has 0 fully saturated rings. The Balaban J connectivity index is 2.54. The SMILES string of the molecule is CCc1sccc1-c1ccccc1C. The van der Waals surface area contributed by atoms with Crippen molar-refractivity contribution in [3.05, 3.63) is 46.2 Å². The molecule has 14 heavy (non-hydrogen) atoms. The first-order chi connectivity index (χ1) is 6.83. The molecule has 0 bridgehead atoms. The average molecular weight is 202 g/mol. The highest BCUT2D eigenvalue weighted by atomic mass is 32.1. The second-order valence-corrected chi connectivity index (χ2v) is 4.43. The number of aryl methyl sites for hydroxylation is 2. The van der Waals surface area contributed by atoms with Crippen molar-refractivity contribution in [2.24, 2.45) is 0 Å². The van der Waals surface area contributed by atoms with Gasteiger partial charge in [-0.3, -0.25) is 0 Å². The highest BCUT2D eigenvalue weighted by Crippen LogP contribution is 2.30. The summed E-state index contributed by atoms with van der Waals surface area (Å²) >= 11 is 1.85. The first kappa shape index (κ1) is 9.47. The molecule has 0 aliphatic heterocycles. The molecule has 1 heteroatoms. The zero-order valence-corrected chi connectivity index (χ0v) is 9.40. The molecule has 0 unspecified atom stereocenters. The topological polar surface area (TPSA) is 0 Å². The van der Waals surface area contributed by atoms with Crippen LogP contribution in [0.15, 0.2) is 35.7 Å². The molecule has 2 rings (SSSR count). The van der Waals surface area contributed by atoms with E-state index in [0.717, 1.165) is 6.42 Å². The first-order valence-electron chi connectivity index (χ1n) is 4.95. The molecule has 1 heterocycles. The van der Waals surface area contributed by atoms with Crippen molar-refractivity contribution in [1.29, 1.82) is 0 Å². The predicted molar refractivity (Wildman–Crippen MR) is 63.9 cm³/mol. The molecule has 0 spiro atoms. The Labute approximate surface area is 89.2 Å². The number of hydrogen-bond donors (Lipinski definition) is 0. The summed E-state index contributed by atoms with van der Waals surface area (Å²) < 4.78 is 0. The van der Waals surface area contributed by atoms with Crippen LogP contribution in [0.2, 0.25) is 0 Å². The number of thiophene rings is 1. The van der Waals surface area contributed by atoms with Crippen LogP contribution in [-0.2, 0) is 6.42 Å². The van der Waals surface area contributed by atoms with E-state index in [4.69, 9.17) is 0 Å². The lowest BCUT2D eigenvalue weighted by Crippen LogP contribution is -1.83. The van der Waals surface area contributed by atoms with Gasteiger partial charge in [0.2, 0.25) is 0 Å². The lowest BCUT2D eigenvalue weighted by molar-refractivity contribution is 1.19. The summed E-state index contributed by atoms with van der Waals surface area (Å²) in [5.74, 6) is 0. The van der Waals surface area contributed by atoms with E-state index in [-0.39, 0.29) is 0 Å². The lowest BCUT2D eigenvalue weighted by atomic mass is 10.0. The largest absolute Gasteiger partial charge is 0.148 e. The quantitative estimate of drug-likeness (QED) is 0.681. The van der Waals surface area contributed by atoms with Crippen LogP contribution in [0.4, 0.5) is 0 Å². The molecule has 0 radical (unpaired) electrons. The minimum Gasteiger partial charge on any atom is -0.148 e. The summed E-state index contributed by atoms with van der Waals surface area (Å²) in [6.45, 7) is 4.39. The van der Waals surface area contributed by atoms with E-state index >= 15 is 0 Å². The Morgan fingerprint density at radius 2 is 1.86 bits per heavy atom. The Bertz CT molecular complexity index is 426. The summed E-state index contributed by atoms with van der Waals surface area (Å²) in [6, 6.07) is 10.8. The molecule has 0 aliphatic rings. The van der Waals surface area contributed by atoms with Gasteiger partial charge in [-0.2, -0.15) is 0 Å². The molecule has 1 aromatic heterocycles. The van der Waals surface area contributed by atoms with Crippen LogP contribution >= 0.6 is 11.3 Å². The van der Waals surface area contributed by atoms with Crippen LogP contribution in [0.1, 0.15) is 17.4 Å². The maximum atomic E-state index is 2.23. The Hall–Kier alpha value is -1.08. The number of rotatable bonds is 2. The number of benzene rings is 1. The van der Waals surface area contributed by atoms with Crippen LogP contribution in [0.5, 0.6) is 0 Å². The van der Waals surface area contributed by atoms with Crippen molar-refractivity contribution in [3.63, 3.8) is 0 Å². The van der Waals surface area contributed by atoms with Crippen LogP contribution in [0, 0.1) is 6.92 Å². The molecule has 0 atom stereocenters. The van der Waals surface area contributed by atoms with Gasteiger partial charge in [-0.05, 0) is 41.5 Å². The van der Waals surface area contributed by atoms with Crippen molar-refractivity contribution in [2.75, 3.05) is 0 Å². The Morgan fingerprint density at radius 3 is 2.57 bits per heavy atom. The monoisotopic (exact) mass is 202 g/mol.